The Kier molecular flexibility index (Phi) is 7.37. The second-order valence-electron chi connectivity index (χ2n) is 7.71. The second kappa shape index (κ2) is 10.2. The summed E-state index contributed by atoms with van der Waals surface area (Å²) >= 11 is 0. The Morgan fingerprint density at radius 3 is 2.43 bits per heavy atom. The average Bonchev–Trinajstić information content (AvgIpc) is 3.25. The van der Waals surface area contributed by atoms with Crippen LogP contribution in [0.2, 0.25) is 0 Å². The molecular weight excluding hydrogens is 393 g/mol. The number of carbonyl (C=O) groups is 4. The summed E-state index contributed by atoms with van der Waals surface area (Å²) in [5, 5.41) is 4.88. The molecule has 2 fully saturated rings. The number of nitrogens with one attached hydrogen (secondary N) is 2. The molecule has 4 amide bonds. The number of rotatable bonds is 5. The van der Waals surface area contributed by atoms with Gasteiger partial charge >= 0.3 is 12.0 Å². The van der Waals surface area contributed by atoms with E-state index in [1.165, 1.54) is 29.2 Å². The Balaban J connectivity index is 1.43. The van der Waals surface area contributed by atoms with Crippen LogP contribution < -0.4 is 10.6 Å². The van der Waals surface area contributed by atoms with Gasteiger partial charge in [-0.1, -0.05) is 12.8 Å². The highest BCUT2D eigenvalue weighted by atomic mass is 19.1. The van der Waals surface area contributed by atoms with Gasteiger partial charge in [-0.2, -0.15) is 0 Å². The number of benzene rings is 1. The normalized spacial score (nSPS) is 19.2. The van der Waals surface area contributed by atoms with E-state index in [4.69, 9.17) is 4.74 Å². The molecule has 0 aromatic heterocycles. The summed E-state index contributed by atoms with van der Waals surface area (Å²) < 4.78 is 18.1. The maximum atomic E-state index is 13.0. The van der Waals surface area contributed by atoms with Crippen molar-refractivity contribution in [3.8, 4) is 0 Å². The first-order valence-corrected chi connectivity index (χ1v) is 10.2. The molecule has 1 aliphatic heterocycles. The van der Waals surface area contributed by atoms with E-state index in [-0.39, 0.29) is 18.5 Å². The quantitative estimate of drug-likeness (QED) is 0.711. The molecule has 1 heterocycles. The van der Waals surface area contributed by atoms with Crippen molar-refractivity contribution in [3.63, 3.8) is 0 Å². The molecular formula is C21H26FN3O5. The molecule has 1 atom stereocenters. The lowest BCUT2D eigenvalue weighted by atomic mass is 9.97. The number of ether oxygens (including phenoxy) is 1. The third-order valence-electron chi connectivity index (χ3n) is 5.42. The Hall–Kier alpha value is -2.97. The van der Waals surface area contributed by atoms with Crippen LogP contribution in [0.25, 0.3) is 0 Å². The Labute approximate surface area is 174 Å². The predicted molar refractivity (Wildman–Crippen MR) is 105 cm³/mol. The molecule has 0 spiro atoms. The molecule has 162 valence electrons. The number of imide groups is 1. The minimum Gasteiger partial charge on any atom is -0.455 e. The van der Waals surface area contributed by atoms with Crippen molar-refractivity contribution in [2.24, 2.45) is 5.92 Å². The zero-order chi connectivity index (χ0) is 21.5. The van der Waals surface area contributed by atoms with Gasteiger partial charge in [0.25, 0.3) is 11.8 Å². The monoisotopic (exact) mass is 419 g/mol. The number of hydrogen-bond acceptors (Lipinski definition) is 5. The third kappa shape index (κ3) is 6.01. The number of carbonyl (C=O) groups excluding carboxylic acids is 4. The summed E-state index contributed by atoms with van der Waals surface area (Å²) in [7, 11) is 0. The van der Waals surface area contributed by atoms with Crippen LogP contribution >= 0.6 is 0 Å². The van der Waals surface area contributed by atoms with E-state index < -0.39 is 36.2 Å². The fourth-order valence-electron chi connectivity index (χ4n) is 3.84. The fourth-order valence-corrected chi connectivity index (χ4v) is 3.84. The lowest BCUT2D eigenvalue weighted by Gasteiger charge is -2.31. The third-order valence-corrected chi connectivity index (χ3v) is 5.42. The summed E-state index contributed by atoms with van der Waals surface area (Å²) in [5.74, 6) is -2.55. The Morgan fingerprint density at radius 2 is 1.73 bits per heavy atom. The summed E-state index contributed by atoms with van der Waals surface area (Å²) in [6.07, 6.45) is 5.05. The maximum Gasteiger partial charge on any atom is 0.321 e. The van der Waals surface area contributed by atoms with Crippen LogP contribution in [-0.2, 0) is 14.3 Å². The van der Waals surface area contributed by atoms with Crippen LogP contribution in [-0.4, -0.2) is 54.5 Å². The summed E-state index contributed by atoms with van der Waals surface area (Å²) in [4.78, 5) is 50.0. The Bertz CT molecular complexity index is 792. The van der Waals surface area contributed by atoms with Crippen molar-refractivity contribution >= 4 is 23.8 Å². The van der Waals surface area contributed by atoms with Gasteiger partial charge in [0.05, 0.1) is 5.92 Å². The van der Waals surface area contributed by atoms with Crippen LogP contribution in [0, 0.1) is 11.7 Å². The number of halogens is 1. The second-order valence-corrected chi connectivity index (χ2v) is 7.71. The van der Waals surface area contributed by atoms with Crippen LogP contribution in [0.4, 0.5) is 9.18 Å². The fraction of sp³-hybridized carbons (Fsp3) is 0.524. The number of nitrogens with zero attached hydrogens (tertiary/aromatic N) is 1. The predicted octanol–water partition coefficient (Wildman–Crippen LogP) is 1.99. The van der Waals surface area contributed by atoms with Gasteiger partial charge in [0.2, 0.25) is 0 Å². The van der Waals surface area contributed by atoms with Crippen molar-refractivity contribution in [2.45, 2.75) is 44.6 Å². The van der Waals surface area contributed by atoms with Gasteiger partial charge < -0.3 is 15.0 Å². The molecule has 1 aliphatic carbocycles. The molecule has 30 heavy (non-hydrogen) atoms. The summed E-state index contributed by atoms with van der Waals surface area (Å²) in [6, 6.07) is 4.72. The van der Waals surface area contributed by atoms with Crippen molar-refractivity contribution in [3.05, 3.63) is 35.6 Å². The van der Waals surface area contributed by atoms with Crippen LogP contribution in [0.5, 0.6) is 0 Å². The molecule has 1 saturated carbocycles. The number of piperidine rings is 1. The first-order chi connectivity index (χ1) is 14.4. The molecule has 9 heteroatoms. The number of urea groups is 1. The Morgan fingerprint density at radius 1 is 1.03 bits per heavy atom. The maximum absolute atomic E-state index is 13.0. The largest absolute Gasteiger partial charge is 0.455 e. The van der Waals surface area contributed by atoms with E-state index in [0.29, 0.717) is 24.9 Å². The van der Waals surface area contributed by atoms with Crippen LogP contribution in [0.15, 0.2) is 24.3 Å². The van der Waals surface area contributed by atoms with Gasteiger partial charge in [-0.3, -0.25) is 19.7 Å². The van der Waals surface area contributed by atoms with Crippen molar-refractivity contribution in [1.82, 2.24) is 15.5 Å². The van der Waals surface area contributed by atoms with E-state index in [1.54, 1.807) is 0 Å². The first kappa shape index (κ1) is 21.7. The SMILES string of the molecule is O=C(COC(=O)C1CCCN(C(=O)c2ccc(F)cc2)C1)NC(=O)NC1CCCC1. The van der Waals surface area contributed by atoms with Crippen molar-refractivity contribution in [1.29, 1.82) is 0 Å². The minimum absolute atomic E-state index is 0.0761. The highest BCUT2D eigenvalue weighted by Crippen LogP contribution is 2.20. The van der Waals surface area contributed by atoms with Crippen molar-refractivity contribution < 1.29 is 28.3 Å². The highest BCUT2D eigenvalue weighted by Gasteiger charge is 2.30. The highest BCUT2D eigenvalue weighted by molar-refractivity contribution is 5.96. The van der Waals surface area contributed by atoms with E-state index in [9.17, 15) is 23.6 Å². The lowest BCUT2D eigenvalue weighted by molar-refractivity contribution is -0.153. The van der Waals surface area contributed by atoms with Crippen LogP contribution in [0.3, 0.4) is 0 Å². The molecule has 1 aromatic carbocycles. The molecule has 1 saturated heterocycles. The summed E-state index contributed by atoms with van der Waals surface area (Å²) in [5.41, 5.74) is 0.345. The van der Waals surface area contributed by atoms with Crippen LogP contribution in [0.1, 0.15) is 48.9 Å². The minimum atomic E-state index is -0.700. The van der Waals surface area contributed by atoms with E-state index in [2.05, 4.69) is 10.6 Å². The smallest absolute Gasteiger partial charge is 0.321 e. The molecule has 0 bridgehead atoms. The summed E-state index contributed by atoms with van der Waals surface area (Å²) in [6.45, 7) is 0.0972. The van der Waals surface area contributed by atoms with Crippen molar-refractivity contribution in [2.75, 3.05) is 19.7 Å². The van der Waals surface area contributed by atoms with Gasteiger partial charge in [-0.15, -0.1) is 0 Å². The molecule has 2 N–H and O–H groups in total. The molecule has 3 rings (SSSR count). The van der Waals surface area contributed by atoms with Gasteiger partial charge in [-0.25, -0.2) is 9.18 Å². The van der Waals surface area contributed by atoms with Gasteiger partial charge in [0, 0.05) is 24.7 Å². The van der Waals surface area contributed by atoms with E-state index >= 15 is 0 Å². The zero-order valence-electron chi connectivity index (χ0n) is 16.7. The number of likely N-dealkylation sites (tertiary alicyclic amines) is 1. The lowest BCUT2D eigenvalue weighted by Crippen LogP contribution is -2.46. The van der Waals surface area contributed by atoms with Gasteiger partial charge in [-0.05, 0) is 49.9 Å². The zero-order valence-corrected chi connectivity index (χ0v) is 16.7. The number of esters is 1. The van der Waals surface area contributed by atoms with Gasteiger partial charge in [0.15, 0.2) is 6.61 Å². The molecule has 0 radical (unpaired) electrons. The van der Waals surface area contributed by atoms with Gasteiger partial charge in [0.1, 0.15) is 5.82 Å². The topological polar surface area (TPSA) is 105 Å². The number of amides is 4. The molecule has 1 unspecified atom stereocenters. The molecule has 8 nitrogen and oxygen atoms in total. The number of hydrogen-bond donors (Lipinski definition) is 2. The average molecular weight is 419 g/mol. The molecule has 2 aliphatic rings. The van der Waals surface area contributed by atoms with E-state index in [0.717, 1.165) is 25.7 Å². The standard InChI is InChI=1S/C21H26FN3O5/c22-16-9-7-14(8-10-16)19(27)25-11-3-4-15(12-25)20(28)30-13-18(26)24-21(29)23-17-5-1-2-6-17/h7-10,15,17H,1-6,11-13H2,(H2,23,24,26,29). The molecule has 1 aromatic rings. The van der Waals surface area contributed by atoms with E-state index in [1.807, 2.05) is 0 Å². The first-order valence-electron chi connectivity index (χ1n) is 10.2.